The zero-order valence-electron chi connectivity index (χ0n) is 17.8. The number of aromatic nitrogens is 2. The maximum atomic E-state index is 12.7. The third kappa shape index (κ3) is 4.47. The zero-order chi connectivity index (χ0) is 22.8. The molecule has 4 aromatic rings. The Morgan fingerprint density at radius 3 is 2.76 bits per heavy atom. The van der Waals surface area contributed by atoms with E-state index < -0.39 is 0 Å². The lowest BCUT2D eigenvalue weighted by Crippen LogP contribution is -2.43. The Kier molecular flexibility index (Phi) is 5.58. The first kappa shape index (κ1) is 20.8. The Hall–Kier alpha value is -4.04. The van der Waals surface area contributed by atoms with Gasteiger partial charge in [0, 0.05) is 22.8 Å². The summed E-state index contributed by atoms with van der Waals surface area (Å²) in [6.45, 7) is 1.77. The summed E-state index contributed by atoms with van der Waals surface area (Å²) in [5, 5.41) is 5.60. The molecule has 0 unspecified atom stereocenters. The fourth-order valence-corrected chi connectivity index (χ4v) is 4.33. The van der Waals surface area contributed by atoms with Crippen molar-refractivity contribution in [1.29, 1.82) is 0 Å². The van der Waals surface area contributed by atoms with E-state index in [-0.39, 0.29) is 25.0 Å². The first-order valence-corrected chi connectivity index (χ1v) is 11.3. The van der Waals surface area contributed by atoms with E-state index in [1.54, 1.807) is 6.20 Å². The van der Waals surface area contributed by atoms with E-state index >= 15 is 0 Å². The van der Waals surface area contributed by atoms with Gasteiger partial charge in [-0.2, -0.15) is 0 Å². The van der Waals surface area contributed by atoms with Gasteiger partial charge in [0.15, 0.2) is 6.61 Å². The van der Waals surface area contributed by atoms with Gasteiger partial charge in [-0.3, -0.25) is 19.5 Å². The molecule has 2 aromatic heterocycles. The summed E-state index contributed by atoms with van der Waals surface area (Å²) in [5.41, 5.74) is 4.74. The monoisotopic (exact) mass is 456 g/mol. The number of pyridine rings is 1. The Morgan fingerprint density at radius 2 is 1.97 bits per heavy atom. The second kappa shape index (κ2) is 8.84. The summed E-state index contributed by atoms with van der Waals surface area (Å²) in [7, 11) is 0. The van der Waals surface area contributed by atoms with Gasteiger partial charge in [-0.25, -0.2) is 4.98 Å². The number of thiazole rings is 1. The number of benzene rings is 2. The van der Waals surface area contributed by atoms with Crippen LogP contribution in [0.3, 0.4) is 0 Å². The second-order valence-corrected chi connectivity index (χ2v) is 8.48. The minimum absolute atomic E-state index is 0.106. The Balaban J connectivity index is 1.40. The van der Waals surface area contributed by atoms with Crippen molar-refractivity contribution in [3.63, 3.8) is 0 Å². The van der Waals surface area contributed by atoms with Crippen LogP contribution in [0.1, 0.15) is 5.56 Å². The number of ether oxygens (including phenoxy) is 1. The van der Waals surface area contributed by atoms with Crippen LogP contribution in [0.5, 0.6) is 5.75 Å². The Bertz CT molecular complexity index is 1320. The van der Waals surface area contributed by atoms with Crippen molar-refractivity contribution in [2.24, 2.45) is 0 Å². The van der Waals surface area contributed by atoms with Crippen LogP contribution in [0.2, 0.25) is 0 Å². The molecule has 2 amide bonds. The van der Waals surface area contributed by atoms with Crippen LogP contribution in [-0.2, 0) is 9.59 Å². The van der Waals surface area contributed by atoms with Crippen molar-refractivity contribution >= 4 is 34.5 Å². The van der Waals surface area contributed by atoms with Crippen molar-refractivity contribution in [2.75, 3.05) is 23.4 Å². The highest BCUT2D eigenvalue weighted by atomic mass is 32.1. The molecule has 1 aliphatic heterocycles. The highest BCUT2D eigenvalue weighted by Crippen LogP contribution is 2.37. The summed E-state index contributed by atoms with van der Waals surface area (Å²) in [5.74, 6) is 0.00405. The van der Waals surface area contributed by atoms with E-state index in [4.69, 9.17) is 9.72 Å². The molecule has 1 aliphatic rings. The summed E-state index contributed by atoms with van der Waals surface area (Å²) >= 11 is 1.50. The number of hydrogen-bond acceptors (Lipinski definition) is 6. The van der Waals surface area contributed by atoms with Crippen LogP contribution >= 0.6 is 11.3 Å². The number of nitrogens with one attached hydrogen (secondary N) is 1. The summed E-state index contributed by atoms with van der Waals surface area (Å²) in [6, 6.07) is 18.8. The van der Waals surface area contributed by atoms with Crippen molar-refractivity contribution in [2.45, 2.75) is 6.92 Å². The van der Waals surface area contributed by atoms with Gasteiger partial charge >= 0.3 is 0 Å². The average Bonchev–Trinajstić information content (AvgIpc) is 3.33. The van der Waals surface area contributed by atoms with Crippen molar-refractivity contribution in [1.82, 2.24) is 9.97 Å². The topological polar surface area (TPSA) is 84.4 Å². The van der Waals surface area contributed by atoms with Crippen LogP contribution < -0.4 is 15.0 Å². The molecule has 1 N–H and O–H groups in total. The van der Waals surface area contributed by atoms with Gasteiger partial charge in [0.2, 0.25) is 5.91 Å². The minimum atomic E-state index is -0.281. The first-order chi connectivity index (χ1) is 16.1. The molecular weight excluding hydrogens is 436 g/mol. The molecule has 0 fully saturated rings. The number of anilines is 2. The molecule has 5 rings (SSSR count). The van der Waals surface area contributed by atoms with E-state index in [0.29, 0.717) is 17.1 Å². The standard InChI is InChI=1S/C25H20N4O3S/c1-16-5-8-18(9-6-16)27-23(30)13-29-21-12-17(7-10-22(21)32-14-24(29)31)20-15-33-25(28-20)19-4-2-3-11-26-19/h2-12,15H,13-14H2,1H3,(H,27,30). The number of aryl methyl sites for hydroxylation is 1. The summed E-state index contributed by atoms with van der Waals surface area (Å²) < 4.78 is 5.59. The molecule has 0 saturated heterocycles. The Morgan fingerprint density at radius 1 is 1.12 bits per heavy atom. The predicted octanol–water partition coefficient (Wildman–Crippen LogP) is 4.54. The fourth-order valence-electron chi connectivity index (χ4n) is 3.53. The minimum Gasteiger partial charge on any atom is -0.482 e. The number of nitrogens with zero attached hydrogens (tertiary/aromatic N) is 3. The van der Waals surface area contributed by atoms with Crippen molar-refractivity contribution in [3.05, 3.63) is 77.8 Å². The third-order valence-corrected chi connectivity index (χ3v) is 6.09. The highest BCUT2D eigenvalue weighted by molar-refractivity contribution is 7.13. The lowest BCUT2D eigenvalue weighted by molar-refractivity contribution is -0.123. The van der Waals surface area contributed by atoms with E-state index in [1.807, 2.05) is 73.0 Å². The number of amides is 2. The maximum Gasteiger partial charge on any atom is 0.265 e. The Labute approximate surface area is 194 Å². The van der Waals surface area contributed by atoms with E-state index in [2.05, 4.69) is 10.3 Å². The summed E-state index contributed by atoms with van der Waals surface area (Å²) in [6.07, 6.45) is 1.73. The fraction of sp³-hybridized carbons (Fsp3) is 0.120. The first-order valence-electron chi connectivity index (χ1n) is 10.4. The smallest absolute Gasteiger partial charge is 0.265 e. The average molecular weight is 457 g/mol. The third-order valence-electron chi connectivity index (χ3n) is 5.22. The molecule has 8 heteroatoms. The van der Waals surface area contributed by atoms with Crippen molar-refractivity contribution in [3.8, 4) is 27.7 Å². The second-order valence-electron chi connectivity index (χ2n) is 7.62. The van der Waals surface area contributed by atoms with Gasteiger partial charge in [-0.05, 0) is 49.4 Å². The summed E-state index contributed by atoms with van der Waals surface area (Å²) in [4.78, 5) is 35.8. The molecule has 0 spiro atoms. The molecule has 0 bridgehead atoms. The number of carbonyl (C=O) groups is 2. The molecule has 0 aliphatic carbocycles. The van der Waals surface area contributed by atoms with Crippen LogP contribution in [0.25, 0.3) is 22.0 Å². The van der Waals surface area contributed by atoms with Crippen LogP contribution in [-0.4, -0.2) is 34.9 Å². The predicted molar refractivity (Wildman–Crippen MR) is 128 cm³/mol. The van der Waals surface area contributed by atoms with Gasteiger partial charge < -0.3 is 10.1 Å². The molecule has 33 heavy (non-hydrogen) atoms. The largest absolute Gasteiger partial charge is 0.482 e. The lowest BCUT2D eigenvalue weighted by atomic mass is 10.1. The molecule has 0 radical (unpaired) electrons. The molecule has 2 aromatic carbocycles. The van der Waals surface area contributed by atoms with Crippen molar-refractivity contribution < 1.29 is 14.3 Å². The van der Waals surface area contributed by atoms with E-state index in [9.17, 15) is 9.59 Å². The van der Waals surface area contributed by atoms with Crippen LogP contribution in [0.15, 0.2) is 72.2 Å². The quantitative estimate of drug-likeness (QED) is 0.476. The molecule has 3 heterocycles. The lowest BCUT2D eigenvalue weighted by Gasteiger charge is -2.29. The zero-order valence-corrected chi connectivity index (χ0v) is 18.6. The number of rotatable bonds is 5. The molecule has 164 valence electrons. The highest BCUT2D eigenvalue weighted by Gasteiger charge is 2.28. The van der Waals surface area contributed by atoms with Gasteiger partial charge in [0.05, 0.1) is 17.1 Å². The molecule has 0 saturated carbocycles. The van der Waals surface area contributed by atoms with Crippen LogP contribution in [0, 0.1) is 6.92 Å². The number of fused-ring (bicyclic) bond motifs is 1. The molecular formula is C25H20N4O3S. The van der Waals surface area contributed by atoms with Gasteiger partial charge in [0.25, 0.3) is 5.91 Å². The van der Waals surface area contributed by atoms with Gasteiger partial charge in [-0.15, -0.1) is 11.3 Å². The SMILES string of the molecule is Cc1ccc(NC(=O)CN2C(=O)COc3ccc(-c4csc(-c5ccccn5)n4)cc32)cc1. The van der Waals surface area contributed by atoms with Gasteiger partial charge in [0.1, 0.15) is 17.3 Å². The maximum absolute atomic E-state index is 12.7. The van der Waals surface area contributed by atoms with E-state index in [1.165, 1.54) is 16.2 Å². The van der Waals surface area contributed by atoms with Crippen LogP contribution in [0.4, 0.5) is 11.4 Å². The van der Waals surface area contributed by atoms with E-state index in [0.717, 1.165) is 27.5 Å². The number of hydrogen-bond donors (Lipinski definition) is 1. The van der Waals surface area contributed by atoms with Gasteiger partial charge in [-0.1, -0.05) is 23.8 Å². The number of carbonyl (C=O) groups excluding carboxylic acids is 2. The normalized spacial score (nSPS) is 12.8. The molecule has 0 atom stereocenters. The molecule has 7 nitrogen and oxygen atoms in total.